The largest absolute Gasteiger partial charge is 0.493 e. The number of nitrogens with zero attached hydrogens (tertiary/aromatic N) is 3. The SMILES string of the molecule is O=S(=O)(Nc1ncns1)c1ccc2c(c1)OCCC2N1CCCCC1. The first kappa shape index (κ1) is 16.7. The van der Waals surface area contributed by atoms with Gasteiger partial charge in [0.1, 0.15) is 12.1 Å². The molecular weight excluding hydrogens is 360 g/mol. The van der Waals surface area contributed by atoms with Gasteiger partial charge in [-0.15, -0.1) is 0 Å². The van der Waals surface area contributed by atoms with Crippen molar-refractivity contribution in [2.45, 2.75) is 36.6 Å². The maximum Gasteiger partial charge on any atom is 0.263 e. The van der Waals surface area contributed by atoms with Crippen LogP contribution in [0.2, 0.25) is 0 Å². The zero-order chi connectivity index (χ0) is 17.3. The first-order valence-corrected chi connectivity index (χ1v) is 10.7. The molecule has 1 aromatic carbocycles. The van der Waals surface area contributed by atoms with Gasteiger partial charge in [-0.1, -0.05) is 12.5 Å². The van der Waals surface area contributed by atoms with E-state index in [2.05, 4.69) is 19.0 Å². The number of hydrogen-bond donors (Lipinski definition) is 1. The number of rotatable bonds is 4. The van der Waals surface area contributed by atoms with Crippen LogP contribution in [0.3, 0.4) is 0 Å². The smallest absolute Gasteiger partial charge is 0.263 e. The van der Waals surface area contributed by atoms with Crippen LogP contribution in [0.1, 0.15) is 37.3 Å². The van der Waals surface area contributed by atoms with E-state index in [1.807, 2.05) is 6.07 Å². The van der Waals surface area contributed by atoms with E-state index >= 15 is 0 Å². The van der Waals surface area contributed by atoms with Crippen molar-refractivity contribution in [3.63, 3.8) is 0 Å². The zero-order valence-corrected chi connectivity index (χ0v) is 15.4. The Bertz CT molecular complexity index is 833. The van der Waals surface area contributed by atoms with E-state index in [9.17, 15) is 8.42 Å². The van der Waals surface area contributed by atoms with Crippen LogP contribution >= 0.6 is 11.5 Å². The fourth-order valence-corrected chi connectivity index (χ4v) is 5.20. The van der Waals surface area contributed by atoms with Gasteiger partial charge in [0.05, 0.1) is 11.5 Å². The van der Waals surface area contributed by atoms with Crippen LogP contribution in [0.15, 0.2) is 29.4 Å². The van der Waals surface area contributed by atoms with Crippen molar-refractivity contribution in [2.24, 2.45) is 0 Å². The van der Waals surface area contributed by atoms with Crippen molar-refractivity contribution in [3.05, 3.63) is 30.1 Å². The van der Waals surface area contributed by atoms with E-state index in [1.54, 1.807) is 12.1 Å². The molecule has 0 bridgehead atoms. The number of anilines is 1. The molecule has 1 fully saturated rings. The lowest BCUT2D eigenvalue weighted by atomic mass is 9.97. The molecule has 0 saturated carbocycles. The quantitative estimate of drug-likeness (QED) is 0.878. The lowest BCUT2D eigenvalue weighted by Gasteiger charge is -2.38. The average molecular weight is 380 g/mol. The van der Waals surface area contributed by atoms with Gasteiger partial charge in [0.15, 0.2) is 0 Å². The second-order valence-electron chi connectivity index (χ2n) is 6.30. The third-order valence-electron chi connectivity index (χ3n) is 4.72. The predicted molar refractivity (Wildman–Crippen MR) is 95.4 cm³/mol. The van der Waals surface area contributed by atoms with Crippen molar-refractivity contribution in [3.8, 4) is 5.75 Å². The van der Waals surface area contributed by atoms with Crippen molar-refractivity contribution < 1.29 is 13.2 Å². The molecule has 2 aromatic rings. The summed E-state index contributed by atoms with van der Waals surface area (Å²) in [4.78, 5) is 6.55. The molecule has 1 saturated heterocycles. The van der Waals surface area contributed by atoms with Crippen LogP contribution in [-0.4, -0.2) is 42.4 Å². The number of benzene rings is 1. The van der Waals surface area contributed by atoms with Crippen molar-refractivity contribution in [2.75, 3.05) is 24.4 Å². The zero-order valence-electron chi connectivity index (χ0n) is 13.7. The highest BCUT2D eigenvalue weighted by molar-refractivity contribution is 7.93. The summed E-state index contributed by atoms with van der Waals surface area (Å²) in [5.41, 5.74) is 1.09. The van der Waals surface area contributed by atoms with Gasteiger partial charge in [-0.05, 0) is 32.0 Å². The minimum Gasteiger partial charge on any atom is -0.493 e. The lowest BCUT2D eigenvalue weighted by molar-refractivity contribution is 0.119. The van der Waals surface area contributed by atoms with Crippen molar-refractivity contribution in [1.82, 2.24) is 14.3 Å². The second kappa shape index (κ2) is 6.89. The predicted octanol–water partition coefficient (Wildman–Crippen LogP) is 2.65. The summed E-state index contributed by atoms with van der Waals surface area (Å²) in [6, 6.07) is 5.47. The molecule has 1 aromatic heterocycles. The van der Waals surface area contributed by atoms with Gasteiger partial charge in [0.25, 0.3) is 10.0 Å². The number of ether oxygens (including phenoxy) is 1. The molecular formula is C16H20N4O3S2. The second-order valence-corrected chi connectivity index (χ2v) is 8.76. The normalized spacial score (nSPS) is 21.4. The van der Waals surface area contributed by atoms with Gasteiger partial charge in [-0.3, -0.25) is 9.62 Å². The van der Waals surface area contributed by atoms with Gasteiger partial charge in [-0.25, -0.2) is 13.4 Å². The van der Waals surface area contributed by atoms with Gasteiger partial charge >= 0.3 is 0 Å². The summed E-state index contributed by atoms with van der Waals surface area (Å²) in [7, 11) is -3.69. The molecule has 0 aliphatic carbocycles. The summed E-state index contributed by atoms with van der Waals surface area (Å²) >= 11 is 1.00. The number of sulfonamides is 1. The summed E-state index contributed by atoms with van der Waals surface area (Å²) < 4.78 is 37.1. The van der Waals surface area contributed by atoms with Crippen LogP contribution in [0.4, 0.5) is 5.13 Å². The van der Waals surface area contributed by atoms with E-state index in [1.165, 1.54) is 25.6 Å². The highest BCUT2D eigenvalue weighted by Crippen LogP contribution is 2.38. The summed E-state index contributed by atoms with van der Waals surface area (Å²) in [5, 5.41) is 0.254. The third-order valence-corrected chi connectivity index (χ3v) is 6.76. The fourth-order valence-electron chi connectivity index (χ4n) is 3.52. The van der Waals surface area contributed by atoms with E-state index in [-0.39, 0.29) is 10.0 Å². The molecule has 1 unspecified atom stereocenters. The number of hydrogen-bond acceptors (Lipinski definition) is 7. The topological polar surface area (TPSA) is 84.4 Å². The molecule has 7 nitrogen and oxygen atoms in total. The summed E-state index contributed by atoms with van der Waals surface area (Å²) in [6.45, 7) is 2.81. The Labute approximate surface area is 151 Å². The van der Waals surface area contributed by atoms with E-state index in [0.717, 1.165) is 36.6 Å². The number of piperidine rings is 1. The van der Waals surface area contributed by atoms with Crippen LogP contribution in [0.25, 0.3) is 0 Å². The molecule has 0 spiro atoms. The standard InChI is InChI=1S/C16H20N4O3S2/c21-25(22,19-16-17-11-18-24-16)12-4-5-13-14(6-9-23-15(13)10-12)20-7-2-1-3-8-20/h4-5,10-11,14H,1-3,6-9H2,(H,17,18,19). The molecule has 0 radical (unpaired) electrons. The van der Waals surface area contributed by atoms with Gasteiger partial charge < -0.3 is 4.74 Å². The van der Waals surface area contributed by atoms with E-state index in [4.69, 9.17) is 4.74 Å². The number of fused-ring (bicyclic) bond motifs is 1. The number of nitrogens with one attached hydrogen (secondary N) is 1. The Morgan fingerprint density at radius 1 is 1.24 bits per heavy atom. The van der Waals surface area contributed by atoms with Crippen LogP contribution in [0, 0.1) is 0 Å². The van der Waals surface area contributed by atoms with Crippen molar-refractivity contribution >= 4 is 26.7 Å². The Hall–Kier alpha value is -1.71. The average Bonchev–Trinajstić information content (AvgIpc) is 3.14. The molecule has 2 aliphatic heterocycles. The molecule has 134 valence electrons. The Morgan fingerprint density at radius 3 is 2.84 bits per heavy atom. The Morgan fingerprint density at radius 2 is 2.08 bits per heavy atom. The molecule has 3 heterocycles. The molecule has 1 atom stereocenters. The molecule has 1 N–H and O–H groups in total. The van der Waals surface area contributed by atoms with Crippen LogP contribution in [0.5, 0.6) is 5.75 Å². The Balaban J connectivity index is 1.61. The fraction of sp³-hybridized carbons (Fsp3) is 0.500. The molecule has 2 aliphatic rings. The minimum atomic E-state index is -3.69. The Kier molecular flexibility index (Phi) is 4.61. The molecule has 25 heavy (non-hydrogen) atoms. The van der Waals surface area contributed by atoms with E-state index in [0.29, 0.717) is 18.4 Å². The third kappa shape index (κ3) is 3.49. The monoisotopic (exact) mass is 380 g/mol. The van der Waals surface area contributed by atoms with Crippen molar-refractivity contribution in [1.29, 1.82) is 0 Å². The maximum absolute atomic E-state index is 12.5. The molecule has 9 heteroatoms. The van der Waals surface area contributed by atoms with Gasteiger partial charge in [-0.2, -0.15) is 4.37 Å². The van der Waals surface area contributed by atoms with Gasteiger partial charge in [0.2, 0.25) is 5.13 Å². The summed E-state index contributed by atoms with van der Waals surface area (Å²) in [5.74, 6) is 0.668. The van der Waals surface area contributed by atoms with E-state index < -0.39 is 10.0 Å². The maximum atomic E-state index is 12.5. The van der Waals surface area contributed by atoms with Crippen LogP contribution < -0.4 is 9.46 Å². The molecule has 4 rings (SSSR count). The highest BCUT2D eigenvalue weighted by Gasteiger charge is 2.29. The molecule has 0 amide bonds. The van der Waals surface area contributed by atoms with Crippen LogP contribution in [-0.2, 0) is 10.0 Å². The number of aromatic nitrogens is 2. The lowest BCUT2D eigenvalue weighted by Crippen LogP contribution is -2.36. The first-order valence-electron chi connectivity index (χ1n) is 8.44. The number of likely N-dealkylation sites (tertiary alicyclic amines) is 1. The summed E-state index contributed by atoms with van der Waals surface area (Å²) in [6.07, 6.45) is 6.01. The highest BCUT2D eigenvalue weighted by atomic mass is 32.2. The van der Waals surface area contributed by atoms with Gasteiger partial charge in [0, 0.05) is 35.6 Å². The first-order chi connectivity index (χ1) is 12.1. The minimum absolute atomic E-state index is 0.181.